The molecule has 0 aliphatic carbocycles. The van der Waals surface area contributed by atoms with E-state index in [9.17, 15) is 0 Å². The van der Waals surface area contributed by atoms with E-state index in [0.717, 1.165) is 12.0 Å². The lowest BCUT2D eigenvalue weighted by molar-refractivity contribution is 0.211. The maximum Gasteiger partial charge on any atom is 0.187 e. The maximum atomic E-state index is 6.11. The van der Waals surface area contributed by atoms with Crippen LogP contribution in [-0.2, 0) is 6.42 Å². The van der Waals surface area contributed by atoms with Crippen LogP contribution in [0.15, 0.2) is 66.8 Å². The first-order chi connectivity index (χ1) is 15.1. The summed E-state index contributed by atoms with van der Waals surface area (Å²) < 4.78 is 17.1. The van der Waals surface area contributed by atoms with Gasteiger partial charge in [0.25, 0.3) is 0 Å². The standard InChI is InChI=1S/C23H26ClN3O3S/c1-4-6-17-7-9-21(22(14-17)28-3)30-13-12-29-20-10-8-19(24)15-18(20)16-26-27-23(31)25-11-5-2/h4-5,7-10,14-16H,1-2,6,11-13H2,3H3,(H2,25,27,31). The van der Waals surface area contributed by atoms with Crippen molar-refractivity contribution >= 4 is 35.1 Å². The van der Waals surface area contributed by atoms with Crippen LogP contribution in [0.4, 0.5) is 0 Å². The van der Waals surface area contributed by atoms with Gasteiger partial charge in [0, 0.05) is 17.1 Å². The van der Waals surface area contributed by atoms with Crippen LogP contribution in [0.5, 0.6) is 17.2 Å². The van der Waals surface area contributed by atoms with Crippen molar-refractivity contribution in [3.63, 3.8) is 0 Å². The number of hydrazone groups is 1. The Hall–Kier alpha value is -3.03. The molecule has 2 rings (SSSR count). The first-order valence-electron chi connectivity index (χ1n) is 9.58. The fraction of sp³-hybridized carbons (Fsp3) is 0.217. The molecule has 2 aromatic rings. The van der Waals surface area contributed by atoms with Gasteiger partial charge in [-0.3, -0.25) is 5.43 Å². The molecular formula is C23H26ClN3O3S. The number of methoxy groups -OCH3 is 1. The molecule has 0 radical (unpaired) electrons. The van der Waals surface area contributed by atoms with Gasteiger partial charge in [-0.25, -0.2) is 0 Å². The highest BCUT2D eigenvalue weighted by Crippen LogP contribution is 2.28. The van der Waals surface area contributed by atoms with Crippen LogP contribution in [-0.4, -0.2) is 38.2 Å². The van der Waals surface area contributed by atoms with Crippen LogP contribution >= 0.6 is 23.8 Å². The molecular weight excluding hydrogens is 434 g/mol. The van der Waals surface area contributed by atoms with Crippen LogP contribution in [0.2, 0.25) is 5.02 Å². The average molecular weight is 460 g/mol. The molecule has 0 amide bonds. The monoisotopic (exact) mass is 459 g/mol. The molecule has 0 aliphatic heterocycles. The number of halogens is 1. The molecule has 0 saturated carbocycles. The van der Waals surface area contributed by atoms with Gasteiger partial charge in [0.1, 0.15) is 19.0 Å². The Bertz CT molecular complexity index is 934. The number of rotatable bonds is 12. The number of nitrogens with zero attached hydrogens (tertiary/aromatic N) is 1. The van der Waals surface area contributed by atoms with Gasteiger partial charge in [-0.1, -0.05) is 29.8 Å². The summed E-state index contributed by atoms with van der Waals surface area (Å²) in [7, 11) is 1.61. The maximum absolute atomic E-state index is 6.11. The second kappa shape index (κ2) is 13.3. The minimum Gasteiger partial charge on any atom is -0.493 e. The predicted octanol–water partition coefficient (Wildman–Crippen LogP) is 4.52. The molecule has 0 bridgehead atoms. The highest BCUT2D eigenvalue weighted by atomic mass is 35.5. The van der Waals surface area contributed by atoms with Gasteiger partial charge in [-0.2, -0.15) is 5.10 Å². The zero-order chi connectivity index (χ0) is 22.5. The molecule has 0 heterocycles. The summed E-state index contributed by atoms with van der Waals surface area (Å²) in [6, 6.07) is 11.1. The number of hydrogen-bond donors (Lipinski definition) is 2. The van der Waals surface area contributed by atoms with Gasteiger partial charge < -0.3 is 19.5 Å². The molecule has 0 saturated heterocycles. The SMILES string of the molecule is C=CCNC(=S)NN=Cc1cc(Cl)ccc1OCCOc1ccc(CC=C)cc1OC. The van der Waals surface area contributed by atoms with Crippen molar-refractivity contribution in [1.29, 1.82) is 0 Å². The van der Waals surface area contributed by atoms with Crippen LogP contribution < -0.4 is 25.0 Å². The lowest BCUT2D eigenvalue weighted by atomic mass is 10.1. The molecule has 6 nitrogen and oxygen atoms in total. The van der Waals surface area contributed by atoms with Crippen molar-refractivity contribution < 1.29 is 14.2 Å². The Balaban J connectivity index is 1.93. The van der Waals surface area contributed by atoms with Crippen LogP contribution in [0.1, 0.15) is 11.1 Å². The Morgan fingerprint density at radius 1 is 1.06 bits per heavy atom. The number of allylic oxidation sites excluding steroid dienone is 1. The van der Waals surface area contributed by atoms with Crippen molar-refractivity contribution in [3.8, 4) is 17.2 Å². The van der Waals surface area contributed by atoms with Gasteiger partial charge in [0.2, 0.25) is 0 Å². The van der Waals surface area contributed by atoms with E-state index in [1.807, 2.05) is 24.3 Å². The molecule has 2 aromatic carbocycles. The van der Waals surface area contributed by atoms with Gasteiger partial charge in [0.05, 0.1) is 13.3 Å². The first-order valence-corrected chi connectivity index (χ1v) is 10.4. The lowest BCUT2D eigenvalue weighted by Crippen LogP contribution is -2.31. The third-order valence-electron chi connectivity index (χ3n) is 3.96. The van der Waals surface area contributed by atoms with Crippen LogP contribution in [0, 0.1) is 0 Å². The molecule has 0 unspecified atom stereocenters. The van der Waals surface area contributed by atoms with E-state index in [-0.39, 0.29) is 0 Å². The van der Waals surface area contributed by atoms with Gasteiger partial charge >= 0.3 is 0 Å². The highest BCUT2D eigenvalue weighted by molar-refractivity contribution is 7.80. The largest absolute Gasteiger partial charge is 0.493 e. The Morgan fingerprint density at radius 3 is 2.52 bits per heavy atom. The van der Waals surface area contributed by atoms with Crippen molar-refractivity contribution in [2.75, 3.05) is 26.9 Å². The Kier molecular flexibility index (Phi) is 10.4. The minimum atomic E-state index is 0.326. The zero-order valence-corrected chi connectivity index (χ0v) is 19.0. The smallest absolute Gasteiger partial charge is 0.187 e. The zero-order valence-electron chi connectivity index (χ0n) is 17.4. The Morgan fingerprint density at radius 2 is 1.81 bits per heavy atom. The van der Waals surface area contributed by atoms with E-state index in [0.29, 0.717) is 52.7 Å². The van der Waals surface area contributed by atoms with Crippen molar-refractivity contribution in [2.24, 2.45) is 5.10 Å². The topological polar surface area (TPSA) is 64.1 Å². The second-order valence-corrected chi connectivity index (χ2v) is 7.07. The summed E-state index contributed by atoms with van der Waals surface area (Å²) in [5, 5.41) is 7.99. The van der Waals surface area contributed by atoms with Crippen LogP contribution in [0.3, 0.4) is 0 Å². The second-order valence-electron chi connectivity index (χ2n) is 6.23. The molecule has 8 heteroatoms. The van der Waals surface area contributed by atoms with E-state index >= 15 is 0 Å². The summed E-state index contributed by atoms with van der Waals surface area (Å²) in [6.07, 6.45) is 5.90. The molecule has 2 N–H and O–H groups in total. The van der Waals surface area contributed by atoms with Gasteiger partial charge in [-0.15, -0.1) is 13.2 Å². The fourth-order valence-electron chi connectivity index (χ4n) is 2.54. The number of ether oxygens (including phenoxy) is 3. The van der Waals surface area contributed by atoms with Crippen molar-refractivity contribution in [1.82, 2.24) is 10.7 Å². The number of benzene rings is 2. The van der Waals surface area contributed by atoms with E-state index in [4.69, 9.17) is 38.0 Å². The van der Waals surface area contributed by atoms with Gasteiger partial charge in [-0.05, 0) is 54.5 Å². The van der Waals surface area contributed by atoms with E-state index < -0.39 is 0 Å². The molecule has 0 aromatic heterocycles. The number of thiocarbonyl (C=S) groups is 1. The average Bonchev–Trinajstić information content (AvgIpc) is 2.77. The summed E-state index contributed by atoms with van der Waals surface area (Å²) in [5.41, 5.74) is 4.54. The molecule has 0 fully saturated rings. The normalized spacial score (nSPS) is 10.4. The van der Waals surface area contributed by atoms with Crippen molar-refractivity contribution in [2.45, 2.75) is 6.42 Å². The highest BCUT2D eigenvalue weighted by Gasteiger charge is 2.07. The summed E-state index contributed by atoms with van der Waals surface area (Å²) >= 11 is 11.2. The lowest BCUT2D eigenvalue weighted by Gasteiger charge is -2.13. The third kappa shape index (κ3) is 8.32. The van der Waals surface area contributed by atoms with Crippen molar-refractivity contribution in [3.05, 3.63) is 77.9 Å². The predicted molar refractivity (Wildman–Crippen MR) is 131 cm³/mol. The summed E-state index contributed by atoms with van der Waals surface area (Å²) in [4.78, 5) is 0. The first kappa shape index (κ1) is 24.2. The van der Waals surface area contributed by atoms with Crippen LogP contribution in [0.25, 0.3) is 0 Å². The molecule has 164 valence electrons. The Labute approximate surface area is 193 Å². The van der Waals surface area contributed by atoms with E-state index in [2.05, 4.69) is 29.0 Å². The van der Waals surface area contributed by atoms with Gasteiger partial charge in [0.15, 0.2) is 16.6 Å². The minimum absolute atomic E-state index is 0.326. The molecule has 0 spiro atoms. The third-order valence-corrected chi connectivity index (χ3v) is 4.43. The molecule has 0 aliphatic rings. The number of hydrogen-bond acceptors (Lipinski definition) is 5. The van der Waals surface area contributed by atoms with E-state index in [1.165, 1.54) is 0 Å². The molecule has 31 heavy (non-hydrogen) atoms. The number of nitrogens with one attached hydrogen (secondary N) is 2. The molecule has 0 atom stereocenters. The quantitative estimate of drug-likeness (QED) is 0.160. The fourth-order valence-corrected chi connectivity index (χ4v) is 2.86. The summed E-state index contributed by atoms with van der Waals surface area (Å²) in [5.74, 6) is 1.95. The van der Waals surface area contributed by atoms with E-state index in [1.54, 1.807) is 37.6 Å². The summed E-state index contributed by atoms with van der Waals surface area (Å²) in [6.45, 7) is 8.58.